The molecule has 1 aromatic heterocycles. The van der Waals surface area contributed by atoms with E-state index < -0.39 is 0 Å². The summed E-state index contributed by atoms with van der Waals surface area (Å²) < 4.78 is 10.7. The fraction of sp³-hybridized carbons (Fsp3) is 0.333. The molecule has 22 heavy (non-hydrogen) atoms. The number of hydrogen-bond donors (Lipinski definition) is 2. The van der Waals surface area contributed by atoms with Gasteiger partial charge in [0.15, 0.2) is 17.5 Å². The summed E-state index contributed by atoms with van der Waals surface area (Å²) in [5.41, 5.74) is 4.03. The summed E-state index contributed by atoms with van der Waals surface area (Å²) in [6, 6.07) is 5.92. The summed E-state index contributed by atoms with van der Waals surface area (Å²) in [7, 11) is 1.76. The summed E-state index contributed by atoms with van der Waals surface area (Å²) in [6.45, 7) is 3.69. The maximum Gasteiger partial charge on any atom is 0.231 e. The van der Waals surface area contributed by atoms with E-state index in [0.717, 1.165) is 35.3 Å². The summed E-state index contributed by atoms with van der Waals surface area (Å²) in [5.74, 6) is 2.35. The maximum atomic E-state index is 5.38. The molecular formula is C15H18N4O2S. The van der Waals surface area contributed by atoms with Gasteiger partial charge in [0.1, 0.15) is 0 Å². The van der Waals surface area contributed by atoms with Crippen LogP contribution in [-0.2, 0) is 13.1 Å². The number of thiazole rings is 1. The molecule has 0 saturated carbocycles. The van der Waals surface area contributed by atoms with Crippen molar-refractivity contribution in [3.63, 3.8) is 0 Å². The zero-order valence-corrected chi connectivity index (χ0v) is 13.4. The minimum Gasteiger partial charge on any atom is -0.454 e. The van der Waals surface area contributed by atoms with Gasteiger partial charge in [0.2, 0.25) is 6.79 Å². The van der Waals surface area contributed by atoms with Crippen LogP contribution in [0.5, 0.6) is 11.5 Å². The Hall–Kier alpha value is -2.28. The number of fused-ring (bicyclic) bond motifs is 1. The van der Waals surface area contributed by atoms with E-state index in [1.165, 1.54) is 4.88 Å². The van der Waals surface area contributed by atoms with Gasteiger partial charge >= 0.3 is 0 Å². The Kier molecular flexibility index (Phi) is 4.43. The Morgan fingerprint density at radius 1 is 1.27 bits per heavy atom. The van der Waals surface area contributed by atoms with Gasteiger partial charge in [0, 0.05) is 18.5 Å². The summed E-state index contributed by atoms with van der Waals surface area (Å²) >= 11 is 1.64. The highest BCUT2D eigenvalue weighted by Gasteiger charge is 2.13. The normalized spacial score (nSPS) is 13.3. The molecule has 6 nitrogen and oxygen atoms in total. The smallest absolute Gasteiger partial charge is 0.231 e. The van der Waals surface area contributed by atoms with Crippen molar-refractivity contribution in [1.29, 1.82) is 0 Å². The first-order valence-corrected chi connectivity index (χ1v) is 7.86. The molecule has 0 atom stereocenters. The third-order valence-electron chi connectivity index (χ3n) is 3.38. The van der Waals surface area contributed by atoms with Gasteiger partial charge in [-0.1, -0.05) is 6.07 Å². The van der Waals surface area contributed by atoms with Crippen LogP contribution in [0.25, 0.3) is 0 Å². The van der Waals surface area contributed by atoms with Crippen LogP contribution in [0.3, 0.4) is 0 Å². The molecule has 2 N–H and O–H groups in total. The van der Waals surface area contributed by atoms with Crippen molar-refractivity contribution in [2.45, 2.75) is 20.0 Å². The molecule has 0 radical (unpaired) electrons. The zero-order chi connectivity index (χ0) is 15.4. The van der Waals surface area contributed by atoms with E-state index >= 15 is 0 Å². The molecule has 0 fully saturated rings. The first kappa shape index (κ1) is 14.6. The van der Waals surface area contributed by atoms with Crippen LogP contribution in [0, 0.1) is 6.92 Å². The molecule has 7 heteroatoms. The Bertz CT molecular complexity index is 684. The average molecular weight is 318 g/mol. The van der Waals surface area contributed by atoms with Crippen molar-refractivity contribution in [2.24, 2.45) is 4.99 Å². The van der Waals surface area contributed by atoms with E-state index in [1.54, 1.807) is 18.4 Å². The molecule has 0 saturated heterocycles. The Balaban J connectivity index is 1.54. The molecule has 1 aliphatic rings. The van der Waals surface area contributed by atoms with Gasteiger partial charge < -0.3 is 20.1 Å². The quantitative estimate of drug-likeness (QED) is 0.667. The number of rotatable bonds is 4. The number of nitrogens with one attached hydrogen (secondary N) is 2. The number of hydrogen-bond acceptors (Lipinski definition) is 5. The SMILES string of the molecule is CN=C(NCc1ccc2c(c1)OCO2)NCc1scnc1C. The van der Waals surface area contributed by atoms with E-state index in [1.807, 2.05) is 30.6 Å². The Labute approximate surface area is 133 Å². The van der Waals surface area contributed by atoms with Gasteiger partial charge in [-0.25, -0.2) is 4.98 Å². The Morgan fingerprint density at radius 3 is 2.86 bits per heavy atom. The molecule has 0 bridgehead atoms. The number of aromatic nitrogens is 1. The lowest BCUT2D eigenvalue weighted by Crippen LogP contribution is -2.36. The largest absolute Gasteiger partial charge is 0.454 e. The fourth-order valence-electron chi connectivity index (χ4n) is 2.12. The lowest BCUT2D eigenvalue weighted by atomic mass is 10.2. The van der Waals surface area contributed by atoms with Crippen molar-refractivity contribution in [2.75, 3.05) is 13.8 Å². The van der Waals surface area contributed by atoms with Crippen LogP contribution in [0.2, 0.25) is 0 Å². The molecule has 3 rings (SSSR count). The first-order chi connectivity index (χ1) is 10.8. The number of guanidine groups is 1. The zero-order valence-electron chi connectivity index (χ0n) is 12.5. The summed E-state index contributed by atoms with van der Waals surface area (Å²) in [4.78, 5) is 9.68. The molecular weight excluding hydrogens is 300 g/mol. The number of aryl methyl sites for hydroxylation is 1. The predicted molar refractivity (Wildman–Crippen MR) is 86.5 cm³/mol. The third-order valence-corrected chi connectivity index (χ3v) is 4.32. The van der Waals surface area contributed by atoms with E-state index in [2.05, 4.69) is 20.6 Å². The monoisotopic (exact) mass is 318 g/mol. The fourth-order valence-corrected chi connectivity index (χ4v) is 2.83. The van der Waals surface area contributed by atoms with Gasteiger partial charge in [-0.3, -0.25) is 4.99 Å². The molecule has 2 heterocycles. The molecule has 116 valence electrons. The average Bonchev–Trinajstić information content (AvgIpc) is 3.15. The molecule has 0 unspecified atom stereocenters. The summed E-state index contributed by atoms with van der Waals surface area (Å²) in [5, 5.41) is 6.57. The van der Waals surface area contributed by atoms with E-state index in [0.29, 0.717) is 13.3 Å². The van der Waals surface area contributed by atoms with E-state index in [4.69, 9.17) is 9.47 Å². The summed E-state index contributed by atoms with van der Waals surface area (Å²) in [6.07, 6.45) is 0. The van der Waals surface area contributed by atoms with Crippen LogP contribution >= 0.6 is 11.3 Å². The van der Waals surface area contributed by atoms with Gasteiger partial charge in [0.25, 0.3) is 0 Å². The number of nitrogens with zero attached hydrogens (tertiary/aromatic N) is 2. The minimum atomic E-state index is 0.295. The standard InChI is InChI=1S/C15H18N4O2S/c1-10-14(22-8-19-10)7-18-15(16-2)17-6-11-3-4-12-13(5-11)21-9-20-12/h3-5,8H,6-7,9H2,1-2H3,(H2,16,17,18). The van der Waals surface area contributed by atoms with Crippen molar-refractivity contribution in [3.8, 4) is 11.5 Å². The predicted octanol–water partition coefficient (Wildman–Crippen LogP) is 2.05. The van der Waals surface area contributed by atoms with Crippen LogP contribution in [-0.4, -0.2) is 24.8 Å². The third kappa shape index (κ3) is 3.30. The topological polar surface area (TPSA) is 67.8 Å². The van der Waals surface area contributed by atoms with Crippen molar-refractivity contribution >= 4 is 17.3 Å². The van der Waals surface area contributed by atoms with Crippen LogP contribution in [0.15, 0.2) is 28.7 Å². The second-order valence-corrected chi connectivity index (χ2v) is 5.77. The lowest BCUT2D eigenvalue weighted by molar-refractivity contribution is 0.174. The molecule has 0 spiro atoms. The van der Waals surface area contributed by atoms with Crippen LogP contribution < -0.4 is 20.1 Å². The van der Waals surface area contributed by atoms with Gasteiger partial charge in [-0.05, 0) is 24.6 Å². The van der Waals surface area contributed by atoms with Crippen LogP contribution in [0.4, 0.5) is 0 Å². The highest BCUT2D eigenvalue weighted by Crippen LogP contribution is 2.32. The molecule has 0 amide bonds. The molecule has 1 aromatic carbocycles. The highest BCUT2D eigenvalue weighted by atomic mass is 32.1. The van der Waals surface area contributed by atoms with Gasteiger partial charge in [-0.15, -0.1) is 11.3 Å². The van der Waals surface area contributed by atoms with Crippen LogP contribution in [0.1, 0.15) is 16.1 Å². The lowest BCUT2D eigenvalue weighted by Gasteiger charge is -2.11. The second kappa shape index (κ2) is 6.65. The minimum absolute atomic E-state index is 0.295. The number of aliphatic imine (C=N–C) groups is 1. The van der Waals surface area contributed by atoms with E-state index in [9.17, 15) is 0 Å². The van der Waals surface area contributed by atoms with Gasteiger partial charge in [0.05, 0.1) is 17.7 Å². The van der Waals surface area contributed by atoms with Crippen molar-refractivity contribution < 1.29 is 9.47 Å². The second-order valence-electron chi connectivity index (χ2n) is 4.83. The molecule has 2 aromatic rings. The van der Waals surface area contributed by atoms with Crippen molar-refractivity contribution in [3.05, 3.63) is 39.8 Å². The molecule has 1 aliphatic heterocycles. The molecule has 0 aliphatic carbocycles. The number of ether oxygens (including phenoxy) is 2. The van der Waals surface area contributed by atoms with Gasteiger partial charge in [-0.2, -0.15) is 0 Å². The Morgan fingerprint density at radius 2 is 2.09 bits per heavy atom. The first-order valence-electron chi connectivity index (χ1n) is 6.98. The number of benzene rings is 1. The van der Waals surface area contributed by atoms with E-state index in [-0.39, 0.29) is 0 Å². The van der Waals surface area contributed by atoms with Crippen molar-refractivity contribution in [1.82, 2.24) is 15.6 Å². The highest BCUT2D eigenvalue weighted by molar-refractivity contribution is 7.09. The maximum absolute atomic E-state index is 5.38.